The van der Waals surface area contributed by atoms with Gasteiger partial charge < -0.3 is 19.4 Å². The van der Waals surface area contributed by atoms with Crippen molar-refractivity contribution in [1.82, 2.24) is 9.55 Å². The number of nitrogens with one attached hydrogen (secondary N) is 1. The summed E-state index contributed by atoms with van der Waals surface area (Å²) in [5.74, 6) is 1.07. The maximum Gasteiger partial charge on any atom is 0.279 e. The molecule has 0 spiro atoms. The van der Waals surface area contributed by atoms with E-state index in [0.717, 1.165) is 11.1 Å². The SMILES string of the molecule is COc1ccc([C@H]2CC(=O)Nc3c2c(=O)nc(SCc2ccc(F)cc2)n3C)c(OC)c1. The highest BCUT2D eigenvalue weighted by Crippen LogP contribution is 2.40. The number of anilines is 1. The molecule has 4 rings (SSSR count). The maximum atomic E-state index is 13.1. The van der Waals surface area contributed by atoms with E-state index in [0.29, 0.717) is 33.8 Å². The molecule has 2 aromatic carbocycles. The lowest BCUT2D eigenvalue weighted by Gasteiger charge is -2.28. The Morgan fingerprint density at radius 3 is 2.59 bits per heavy atom. The van der Waals surface area contributed by atoms with Crippen molar-refractivity contribution in [3.63, 3.8) is 0 Å². The van der Waals surface area contributed by atoms with Crippen molar-refractivity contribution >= 4 is 23.5 Å². The highest BCUT2D eigenvalue weighted by Gasteiger charge is 2.33. The van der Waals surface area contributed by atoms with Crippen LogP contribution in [0.5, 0.6) is 11.5 Å². The summed E-state index contributed by atoms with van der Waals surface area (Å²) in [7, 11) is 4.85. The Hall–Kier alpha value is -3.33. The van der Waals surface area contributed by atoms with Crippen LogP contribution in [-0.4, -0.2) is 29.7 Å². The summed E-state index contributed by atoms with van der Waals surface area (Å²) in [5.41, 5.74) is 1.63. The van der Waals surface area contributed by atoms with E-state index in [-0.39, 0.29) is 18.1 Å². The quantitative estimate of drug-likeness (QED) is 0.451. The van der Waals surface area contributed by atoms with Crippen molar-refractivity contribution in [3.8, 4) is 11.5 Å². The second kappa shape index (κ2) is 9.04. The molecule has 1 atom stereocenters. The predicted octanol–water partition coefficient (Wildman–Crippen LogP) is 3.70. The number of ether oxygens (including phenoxy) is 2. The van der Waals surface area contributed by atoms with E-state index in [1.54, 1.807) is 49.1 Å². The number of thioether (sulfide) groups is 1. The van der Waals surface area contributed by atoms with Gasteiger partial charge in [0.15, 0.2) is 5.16 Å². The average Bonchev–Trinajstić information content (AvgIpc) is 2.80. The summed E-state index contributed by atoms with van der Waals surface area (Å²) in [6.45, 7) is 0. The summed E-state index contributed by atoms with van der Waals surface area (Å²) in [5, 5.41) is 3.29. The minimum atomic E-state index is -0.498. The second-order valence-electron chi connectivity index (χ2n) is 7.35. The standard InChI is InChI=1S/C23H22FN3O4S/c1-27-21-20(22(29)26-23(27)32-12-13-4-6-14(24)7-5-13)17(11-19(28)25-21)16-9-8-15(30-2)10-18(16)31-3/h4-10,17H,11-12H2,1-3H3,(H,25,28)/t17-/m1/s1. The van der Waals surface area contributed by atoms with Crippen molar-refractivity contribution in [3.05, 3.63) is 75.3 Å². The van der Waals surface area contributed by atoms with E-state index < -0.39 is 11.5 Å². The molecular formula is C23H22FN3O4S. The molecule has 0 aliphatic carbocycles. The molecule has 7 nitrogen and oxygen atoms in total. The maximum absolute atomic E-state index is 13.1. The van der Waals surface area contributed by atoms with Gasteiger partial charge in [-0.1, -0.05) is 30.0 Å². The summed E-state index contributed by atoms with van der Waals surface area (Å²) in [6, 6.07) is 11.5. The molecule has 9 heteroatoms. The number of nitrogens with zero attached hydrogens (tertiary/aromatic N) is 2. The fourth-order valence-electron chi connectivity index (χ4n) is 3.76. The first-order valence-corrected chi connectivity index (χ1v) is 10.9. The Morgan fingerprint density at radius 2 is 1.91 bits per heavy atom. The lowest BCUT2D eigenvalue weighted by atomic mass is 9.86. The minimum absolute atomic E-state index is 0.106. The van der Waals surface area contributed by atoms with Crippen molar-refractivity contribution in [2.45, 2.75) is 23.2 Å². The van der Waals surface area contributed by atoms with Crippen LogP contribution in [0, 0.1) is 5.82 Å². The van der Waals surface area contributed by atoms with E-state index in [9.17, 15) is 14.0 Å². The first-order chi connectivity index (χ1) is 15.4. The van der Waals surface area contributed by atoms with Gasteiger partial charge in [0.2, 0.25) is 5.91 Å². The van der Waals surface area contributed by atoms with Crippen LogP contribution in [0.1, 0.15) is 29.0 Å². The van der Waals surface area contributed by atoms with Gasteiger partial charge in [-0.3, -0.25) is 9.59 Å². The van der Waals surface area contributed by atoms with E-state index in [1.807, 2.05) is 0 Å². The van der Waals surface area contributed by atoms with Crippen LogP contribution in [0.4, 0.5) is 10.2 Å². The lowest BCUT2D eigenvalue weighted by molar-refractivity contribution is -0.116. The van der Waals surface area contributed by atoms with Gasteiger partial charge in [-0.25, -0.2) is 4.39 Å². The van der Waals surface area contributed by atoms with Crippen LogP contribution in [0.15, 0.2) is 52.4 Å². The zero-order chi connectivity index (χ0) is 22.8. The molecule has 0 unspecified atom stereocenters. The lowest BCUT2D eigenvalue weighted by Crippen LogP contribution is -2.33. The van der Waals surface area contributed by atoms with Gasteiger partial charge in [0.1, 0.15) is 23.1 Å². The van der Waals surface area contributed by atoms with Crippen LogP contribution in [0.2, 0.25) is 0 Å². The summed E-state index contributed by atoms with van der Waals surface area (Å²) in [4.78, 5) is 30.0. The topological polar surface area (TPSA) is 82.5 Å². The Morgan fingerprint density at radius 1 is 1.16 bits per heavy atom. The number of methoxy groups -OCH3 is 2. The Kier molecular flexibility index (Phi) is 6.18. The molecule has 0 saturated heterocycles. The normalized spacial score (nSPS) is 15.1. The predicted molar refractivity (Wildman–Crippen MR) is 120 cm³/mol. The molecule has 1 aliphatic heterocycles. The third kappa shape index (κ3) is 4.20. The van der Waals surface area contributed by atoms with E-state index >= 15 is 0 Å². The fraction of sp³-hybridized carbons (Fsp3) is 0.261. The van der Waals surface area contributed by atoms with Crippen molar-refractivity contribution in [1.29, 1.82) is 0 Å². The molecular weight excluding hydrogens is 433 g/mol. The van der Waals surface area contributed by atoms with Crippen molar-refractivity contribution in [2.75, 3.05) is 19.5 Å². The third-order valence-electron chi connectivity index (χ3n) is 5.40. The first kappa shape index (κ1) is 21.9. The molecule has 0 bridgehead atoms. The molecule has 0 radical (unpaired) electrons. The number of hydrogen-bond acceptors (Lipinski definition) is 6. The van der Waals surface area contributed by atoms with E-state index in [1.165, 1.54) is 31.0 Å². The van der Waals surface area contributed by atoms with Crippen LogP contribution in [-0.2, 0) is 17.6 Å². The van der Waals surface area contributed by atoms with E-state index in [4.69, 9.17) is 9.47 Å². The molecule has 2 heterocycles. The molecule has 1 amide bonds. The number of carbonyl (C=O) groups is 1. The summed E-state index contributed by atoms with van der Waals surface area (Å²) in [6.07, 6.45) is 0.106. The van der Waals surface area contributed by atoms with Gasteiger partial charge in [-0.05, 0) is 23.8 Å². The molecule has 1 aliphatic rings. The molecule has 1 aromatic heterocycles. The summed E-state index contributed by atoms with van der Waals surface area (Å²) < 4.78 is 25.6. The highest BCUT2D eigenvalue weighted by atomic mass is 32.2. The molecule has 32 heavy (non-hydrogen) atoms. The molecule has 166 valence electrons. The fourth-order valence-corrected chi connectivity index (χ4v) is 4.69. The third-order valence-corrected chi connectivity index (χ3v) is 6.50. The number of benzene rings is 2. The number of rotatable bonds is 6. The zero-order valence-corrected chi connectivity index (χ0v) is 18.7. The van der Waals surface area contributed by atoms with Crippen molar-refractivity contribution < 1.29 is 18.7 Å². The van der Waals surface area contributed by atoms with Crippen molar-refractivity contribution in [2.24, 2.45) is 7.05 Å². The van der Waals surface area contributed by atoms with Gasteiger partial charge >= 0.3 is 0 Å². The Bertz CT molecular complexity index is 1230. The molecule has 1 N–H and O–H groups in total. The molecule has 3 aromatic rings. The monoisotopic (exact) mass is 455 g/mol. The largest absolute Gasteiger partial charge is 0.497 e. The van der Waals surface area contributed by atoms with Gasteiger partial charge in [0.05, 0.1) is 19.8 Å². The number of amides is 1. The van der Waals surface area contributed by atoms with Gasteiger partial charge in [-0.2, -0.15) is 4.98 Å². The average molecular weight is 456 g/mol. The van der Waals surface area contributed by atoms with Gasteiger partial charge in [0.25, 0.3) is 5.56 Å². The van der Waals surface area contributed by atoms with Gasteiger partial charge in [-0.15, -0.1) is 0 Å². The van der Waals surface area contributed by atoms with Crippen LogP contribution < -0.4 is 20.3 Å². The van der Waals surface area contributed by atoms with Crippen LogP contribution in [0.3, 0.4) is 0 Å². The van der Waals surface area contributed by atoms with Crippen LogP contribution >= 0.6 is 11.8 Å². The second-order valence-corrected chi connectivity index (χ2v) is 8.29. The smallest absolute Gasteiger partial charge is 0.279 e. The first-order valence-electron chi connectivity index (χ1n) is 9.91. The van der Waals surface area contributed by atoms with E-state index in [2.05, 4.69) is 10.3 Å². The minimum Gasteiger partial charge on any atom is -0.497 e. The zero-order valence-electron chi connectivity index (χ0n) is 17.8. The highest BCUT2D eigenvalue weighted by molar-refractivity contribution is 7.98. The number of halogens is 1. The summed E-state index contributed by atoms with van der Waals surface area (Å²) >= 11 is 1.34. The number of aromatic nitrogens is 2. The Labute approximate surface area is 188 Å². The number of fused-ring (bicyclic) bond motifs is 1. The van der Waals surface area contributed by atoms with Crippen LogP contribution in [0.25, 0.3) is 0 Å². The Balaban J connectivity index is 1.73. The molecule has 0 saturated carbocycles. The van der Waals surface area contributed by atoms with Gasteiger partial charge in [0, 0.05) is 36.8 Å². The number of carbonyl (C=O) groups excluding carboxylic acids is 1. The molecule has 0 fully saturated rings. The number of hydrogen-bond donors (Lipinski definition) is 1.